The molecule has 138 valence electrons. The minimum atomic E-state index is -0.948. The lowest BCUT2D eigenvalue weighted by atomic mass is 9.95. The van der Waals surface area contributed by atoms with Gasteiger partial charge in [-0.05, 0) is 38.2 Å². The van der Waals surface area contributed by atoms with Gasteiger partial charge in [-0.2, -0.15) is 0 Å². The Labute approximate surface area is 159 Å². The molecule has 0 aromatic carbocycles. The van der Waals surface area contributed by atoms with Crippen molar-refractivity contribution in [3.05, 3.63) is 38.3 Å². The Morgan fingerprint density at radius 1 is 1.46 bits per heavy atom. The molecule has 1 aliphatic rings. The number of carbonyl (C=O) groups is 2. The molecular weight excluding hydrogens is 376 g/mol. The van der Waals surface area contributed by atoms with Crippen molar-refractivity contribution in [1.29, 1.82) is 0 Å². The molecule has 3 N–H and O–H groups in total. The normalized spacial score (nSPS) is 17.0. The second-order valence-corrected chi connectivity index (χ2v) is 7.48. The Bertz CT molecular complexity index is 887. The number of amides is 1. The number of rotatable bonds is 5. The standard InChI is InChI=1S/C17H19ClN4O3S/c1-3-11-13(18)22-14(21-11)15(23)20-10-6-4-9(5-7-10)16-19-8(2)12(26-16)17(24)25/h4,10H,3,5-7H2,1-2H3,(H,20,23)(H,21,22)(H,24,25)/t10-/m1/s1. The lowest BCUT2D eigenvalue weighted by molar-refractivity contribution is 0.0700. The first kappa shape index (κ1) is 18.6. The molecule has 1 amide bonds. The van der Waals surface area contributed by atoms with Crippen molar-refractivity contribution in [3.8, 4) is 0 Å². The van der Waals surface area contributed by atoms with E-state index in [2.05, 4.69) is 20.3 Å². The predicted molar refractivity (Wildman–Crippen MR) is 99.9 cm³/mol. The number of hydrogen-bond acceptors (Lipinski definition) is 5. The Balaban J connectivity index is 1.64. The minimum Gasteiger partial charge on any atom is -0.477 e. The van der Waals surface area contributed by atoms with Crippen LogP contribution in [0.25, 0.3) is 5.57 Å². The number of halogens is 1. The topological polar surface area (TPSA) is 108 Å². The Morgan fingerprint density at radius 2 is 2.23 bits per heavy atom. The molecule has 0 spiro atoms. The molecule has 2 aromatic rings. The zero-order valence-electron chi connectivity index (χ0n) is 14.4. The average Bonchev–Trinajstić information content (AvgIpc) is 3.18. The molecular formula is C17H19ClN4O3S. The number of nitrogens with one attached hydrogen (secondary N) is 2. The van der Waals surface area contributed by atoms with Gasteiger partial charge in [0.2, 0.25) is 0 Å². The van der Waals surface area contributed by atoms with Crippen molar-refractivity contribution in [3.63, 3.8) is 0 Å². The number of aromatic amines is 1. The minimum absolute atomic E-state index is 0.000190. The van der Waals surface area contributed by atoms with Crippen LogP contribution in [-0.2, 0) is 6.42 Å². The molecule has 9 heteroatoms. The number of aromatic carboxylic acids is 1. The summed E-state index contributed by atoms with van der Waals surface area (Å²) in [6.07, 6.45) is 4.85. The van der Waals surface area contributed by atoms with Crippen molar-refractivity contribution < 1.29 is 14.7 Å². The quantitative estimate of drug-likeness (QED) is 0.719. The molecule has 0 unspecified atom stereocenters. The highest BCUT2D eigenvalue weighted by Crippen LogP contribution is 2.31. The first-order valence-corrected chi connectivity index (χ1v) is 9.53. The van der Waals surface area contributed by atoms with Crippen molar-refractivity contribution in [1.82, 2.24) is 20.3 Å². The summed E-state index contributed by atoms with van der Waals surface area (Å²) >= 11 is 7.17. The Morgan fingerprint density at radius 3 is 2.77 bits per heavy atom. The number of imidazole rings is 1. The molecule has 1 aliphatic carbocycles. The number of thiazole rings is 1. The van der Waals surface area contributed by atoms with E-state index in [1.165, 1.54) is 11.3 Å². The van der Waals surface area contributed by atoms with Gasteiger partial charge < -0.3 is 15.4 Å². The lowest BCUT2D eigenvalue weighted by Gasteiger charge is -2.21. The Kier molecular flexibility index (Phi) is 5.43. The van der Waals surface area contributed by atoms with Gasteiger partial charge in [-0.3, -0.25) is 4.79 Å². The van der Waals surface area contributed by atoms with Crippen molar-refractivity contribution in [2.75, 3.05) is 0 Å². The smallest absolute Gasteiger partial charge is 0.347 e. The monoisotopic (exact) mass is 394 g/mol. The van der Waals surface area contributed by atoms with E-state index in [-0.39, 0.29) is 22.7 Å². The van der Waals surface area contributed by atoms with E-state index in [0.717, 1.165) is 29.1 Å². The maximum atomic E-state index is 12.3. The van der Waals surface area contributed by atoms with E-state index in [0.29, 0.717) is 23.7 Å². The maximum absolute atomic E-state index is 12.3. The lowest BCUT2D eigenvalue weighted by Crippen LogP contribution is -2.36. The highest BCUT2D eigenvalue weighted by atomic mass is 35.5. The molecule has 7 nitrogen and oxygen atoms in total. The van der Waals surface area contributed by atoms with Crippen LogP contribution in [0.2, 0.25) is 5.15 Å². The van der Waals surface area contributed by atoms with Gasteiger partial charge in [-0.1, -0.05) is 24.6 Å². The van der Waals surface area contributed by atoms with Crippen LogP contribution in [0.4, 0.5) is 0 Å². The van der Waals surface area contributed by atoms with Crippen LogP contribution in [0, 0.1) is 6.92 Å². The van der Waals surface area contributed by atoms with Gasteiger partial charge in [0.15, 0.2) is 11.0 Å². The average molecular weight is 395 g/mol. The first-order valence-electron chi connectivity index (χ1n) is 8.34. The molecule has 0 saturated carbocycles. The third-order valence-electron chi connectivity index (χ3n) is 4.31. The maximum Gasteiger partial charge on any atom is 0.347 e. The molecule has 2 heterocycles. The van der Waals surface area contributed by atoms with Gasteiger partial charge in [0.1, 0.15) is 9.88 Å². The molecule has 0 bridgehead atoms. The van der Waals surface area contributed by atoms with Crippen LogP contribution in [0.15, 0.2) is 6.08 Å². The summed E-state index contributed by atoms with van der Waals surface area (Å²) in [5.41, 5.74) is 2.32. The molecule has 3 rings (SSSR count). The predicted octanol–water partition coefficient (Wildman–Crippen LogP) is 3.45. The van der Waals surface area contributed by atoms with Gasteiger partial charge in [-0.15, -0.1) is 11.3 Å². The molecule has 0 radical (unpaired) electrons. The van der Waals surface area contributed by atoms with E-state index in [4.69, 9.17) is 16.7 Å². The fourth-order valence-electron chi connectivity index (χ4n) is 2.88. The fraction of sp³-hybridized carbons (Fsp3) is 0.412. The van der Waals surface area contributed by atoms with E-state index in [9.17, 15) is 9.59 Å². The SMILES string of the molecule is CCc1[nH]c(C(=O)N[C@@H]2CC=C(c3nc(C)c(C(=O)O)s3)CC2)nc1Cl. The largest absolute Gasteiger partial charge is 0.477 e. The molecule has 0 fully saturated rings. The Hall–Kier alpha value is -2.19. The summed E-state index contributed by atoms with van der Waals surface area (Å²) in [5, 5.41) is 13.2. The number of carboxylic acid groups (broad SMARTS) is 1. The van der Waals surface area contributed by atoms with Crippen molar-refractivity contribution in [2.24, 2.45) is 0 Å². The number of carbonyl (C=O) groups excluding carboxylic acids is 1. The molecule has 0 aliphatic heterocycles. The van der Waals surface area contributed by atoms with Crippen LogP contribution in [-0.4, -0.2) is 38.0 Å². The summed E-state index contributed by atoms with van der Waals surface area (Å²) in [7, 11) is 0. The zero-order valence-corrected chi connectivity index (χ0v) is 16.0. The molecule has 26 heavy (non-hydrogen) atoms. The van der Waals surface area contributed by atoms with E-state index in [1.807, 2.05) is 13.0 Å². The number of H-pyrrole nitrogens is 1. The van der Waals surface area contributed by atoms with Gasteiger partial charge in [0, 0.05) is 6.04 Å². The van der Waals surface area contributed by atoms with Crippen molar-refractivity contribution >= 4 is 40.4 Å². The van der Waals surface area contributed by atoms with Crippen LogP contribution in [0.1, 0.15) is 62.9 Å². The third kappa shape index (κ3) is 3.81. The van der Waals surface area contributed by atoms with Crippen LogP contribution >= 0.6 is 22.9 Å². The summed E-state index contributed by atoms with van der Waals surface area (Å²) in [6.45, 7) is 3.64. The zero-order chi connectivity index (χ0) is 18.8. The molecule has 2 aromatic heterocycles. The van der Waals surface area contributed by atoms with Gasteiger partial charge >= 0.3 is 5.97 Å². The van der Waals surface area contributed by atoms with Crippen LogP contribution in [0.5, 0.6) is 0 Å². The first-order chi connectivity index (χ1) is 12.4. The summed E-state index contributed by atoms with van der Waals surface area (Å²) < 4.78 is 0. The summed E-state index contributed by atoms with van der Waals surface area (Å²) in [5.74, 6) is -0.994. The highest BCUT2D eigenvalue weighted by Gasteiger charge is 2.23. The summed E-state index contributed by atoms with van der Waals surface area (Å²) in [4.78, 5) is 35.1. The number of nitrogens with zero attached hydrogens (tertiary/aromatic N) is 2. The van der Waals surface area contributed by atoms with E-state index >= 15 is 0 Å². The third-order valence-corrected chi connectivity index (χ3v) is 5.84. The van der Waals surface area contributed by atoms with Gasteiger partial charge in [-0.25, -0.2) is 14.8 Å². The second-order valence-electron chi connectivity index (χ2n) is 6.12. The molecule has 0 saturated heterocycles. The fourth-order valence-corrected chi connectivity index (χ4v) is 4.11. The summed E-state index contributed by atoms with van der Waals surface area (Å²) in [6, 6.07) is 0.000190. The number of aromatic nitrogens is 3. The van der Waals surface area contributed by atoms with E-state index in [1.54, 1.807) is 6.92 Å². The number of hydrogen-bond donors (Lipinski definition) is 3. The highest BCUT2D eigenvalue weighted by molar-refractivity contribution is 7.14. The number of carboxylic acids is 1. The second kappa shape index (κ2) is 7.59. The van der Waals surface area contributed by atoms with Crippen LogP contribution < -0.4 is 5.32 Å². The van der Waals surface area contributed by atoms with E-state index < -0.39 is 5.97 Å². The number of aryl methyl sites for hydroxylation is 2. The number of allylic oxidation sites excluding steroid dienone is 1. The van der Waals surface area contributed by atoms with Gasteiger partial charge in [0.05, 0.1) is 11.4 Å². The molecule has 1 atom stereocenters. The van der Waals surface area contributed by atoms with Crippen molar-refractivity contribution in [2.45, 2.75) is 45.6 Å². The van der Waals surface area contributed by atoms with Gasteiger partial charge in [0.25, 0.3) is 5.91 Å². The van der Waals surface area contributed by atoms with Crippen LogP contribution in [0.3, 0.4) is 0 Å².